The van der Waals surface area contributed by atoms with Gasteiger partial charge >= 0.3 is 0 Å². The van der Waals surface area contributed by atoms with Gasteiger partial charge in [-0.1, -0.05) is 17.7 Å². The van der Waals surface area contributed by atoms with E-state index in [1.165, 1.54) is 5.56 Å². The molecule has 0 atom stereocenters. The van der Waals surface area contributed by atoms with Gasteiger partial charge in [-0.25, -0.2) is 0 Å². The molecule has 1 aromatic rings. The van der Waals surface area contributed by atoms with E-state index in [4.69, 9.17) is 17.0 Å². The molecular weight excluding hydrogens is 220 g/mol. The molecule has 1 N–H and O–H groups in total. The second kappa shape index (κ2) is 6.45. The fraction of sp³-hybridized carbons (Fsp3) is 0.417. The average molecular weight is 238 g/mol. The third-order valence-corrected chi connectivity index (χ3v) is 2.29. The van der Waals surface area contributed by atoms with Gasteiger partial charge in [-0.05, 0) is 45.4 Å². The lowest BCUT2D eigenvalue weighted by molar-refractivity contribution is 0.256. The van der Waals surface area contributed by atoms with Gasteiger partial charge in [0.25, 0.3) is 5.17 Å². The molecule has 0 spiro atoms. The molecule has 0 unspecified atom stereocenters. The number of rotatable bonds is 4. The summed E-state index contributed by atoms with van der Waals surface area (Å²) in [7, 11) is 4.00. The number of aryl methyl sites for hydroxylation is 1. The highest BCUT2D eigenvalue weighted by molar-refractivity contribution is 7.80. The topological polar surface area (TPSA) is 24.5 Å². The summed E-state index contributed by atoms with van der Waals surface area (Å²) in [6, 6.07) is 8.03. The summed E-state index contributed by atoms with van der Waals surface area (Å²) in [4.78, 5) is 2.05. The minimum absolute atomic E-state index is 0.422. The smallest absolute Gasteiger partial charge is 0.261 e. The zero-order valence-electron chi connectivity index (χ0n) is 9.99. The van der Waals surface area contributed by atoms with Gasteiger partial charge in [0.15, 0.2) is 0 Å². The number of hydrogen-bond donors (Lipinski definition) is 1. The van der Waals surface area contributed by atoms with E-state index in [-0.39, 0.29) is 0 Å². The summed E-state index contributed by atoms with van der Waals surface area (Å²) >= 11 is 5.07. The van der Waals surface area contributed by atoms with Crippen molar-refractivity contribution < 1.29 is 4.74 Å². The second-order valence-corrected chi connectivity index (χ2v) is 4.30. The number of likely N-dealkylation sites (N-methyl/N-ethyl adjacent to an activating group) is 1. The van der Waals surface area contributed by atoms with Crippen LogP contribution >= 0.6 is 12.2 Å². The van der Waals surface area contributed by atoms with E-state index in [2.05, 4.69) is 17.1 Å². The van der Waals surface area contributed by atoms with E-state index in [1.807, 2.05) is 38.4 Å². The Hall–Kier alpha value is -1.13. The molecule has 0 fully saturated rings. The van der Waals surface area contributed by atoms with Gasteiger partial charge in [0.2, 0.25) is 0 Å². The molecule has 0 saturated heterocycles. The van der Waals surface area contributed by atoms with Gasteiger partial charge in [0.1, 0.15) is 6.61 Å². The van der Waals surface area contributed by atoms with E-state index < -0.39 is 0 Å². The van der Waals surface area contributed by atoms with Crippen LogP contribution in [-0.2, 0) is 4.74 Å². The zero-order valence-corrected chi connectivity index (χ0v) is 10.8. The highest BCUT2D eigenvalue weighted by Gasteiger charge is 1.98. The van der Waals surface area contributed by atoms with Crippen molar-refractivity contribution in [2.75, 3.05) is 32.6 Å². The highest BCUT2D eigenvalue weighted by atomic mass is 32.1. The minimum atomic E-state index is 0.422. The van der Waals surface area contributed by atoms with Crippen molar-refractivity contribution in [3.05, 3.63) is 29.8 Å². The van der Waals surface area contributed by atoms with Crippen LogP contribution in [-0.4, -0.2) is 37.3 Å². The molecule has 4 heteroatoms. The molecule has 0 aliphatic rings. The quantitative estimate of drug-likeness (QED) is 0.813. The van der Waals surface area contributed by atoms with Crippen LogP contribution in [0, 0.1) is 6.92 Å². The lowest BCUT2D eigenvalue weighted by Gasteiger charge is -2.12. The van der Waals surface area contributed by atoms with Gasteiger partial charge < -0.3 is 15.0 Å². The number of nitrogens with one attached hydrogen (secondary N) is 1. The van der Waals surface area contributed by atoms with Crippen molar-refractivity contribution in [2.45, 2.75) is 6.92 Å². The third-order valence-electron chi connectivity index (χ3n) is 2.07. The van der Waals surface area contributed by atoms with E-state index in [1.54, 1.807) is 0 Å². The maximum Gasteiger partial charge on any atom is 0.261 e. The highest BCUT2D eigenvalue weighted by Crippen LogP contribution is 2.08. The van der Waals surface area contributed by atoms with Crippen LogP contribution in [0.15, 0.2) is 24.3 Å². The van der Waals surface area contributed by atoms with E-state index >= 15 is 0 Å². The first-order chi connectivity index (χ1) is 7.58. The van der Waals surface area contributed by atoms with Crippen molar-refractivity contribution in [1.82, 2.24) is 4.90 Å². The number of benzene rings is 1. The fourth-order valence-corrected chi connectivity index (χ4v) is 1.31. The molecule has 16 heavy (non-hydrogen) atoms. The molecular formula is C12H18N2OS. The number of ether oxygens (including phenoxy) is 1. The van der Waals surface area contributed by atoms with Crippen LogP contribution in [0.3, 0.4) is 0 Å². The van der Waals surface area contributed by atoms with Crippen molar-refractivity contribution in [1.29, 1.82) is 0 Å². The predicted octanol–water partition coefficient (Wildman–Crippen LogP) is 2.27. The molecule has 88 valence electrons. The maximum atomic E-state index is 5.37. The van der Waals surface area contributed by atoms with Gasteiger partial charge in [-0.3, -0.25) is 0 Å². The van der Waals surface area contributed by atoms with Crippen LogP contribution in [0.2, 0.25) is 0 Å². The Morgan fingerprint density at radius 3 is 2.50 bits per heavy atom. The van der Waals surface area contributed by atoms with Gasteiger partial charge in [0, 0.05) is 12.2 Å². The van der Waals surface area contributed by atoms with Gasteiger partial charge in [-0.15, -0.1) is 0 Å². The molecule has 0 amide bonds. The molecule has 0 aliphatic carbocycles. The van der Waals surface area contributed by atoms with E-state index in [9.17, 15) is 0 Å². The molecule has 0 aliphatic heterocycles. The van der Waals surface area contributed by atoms with Crippen LogP contribution < -0.4 is 5.32 Å². The monoisotopic (exact) mass is 238 g/mol. The fourth-order valence-electron chi connectivity index (χ4n) is 1.11. The summed E-state index contributed by atoms with van der Waals surface area (Å²) < 4.78 is 5.37. The number of nitrogens with zero attached hydrogens (tertiary/aromatic N) is 1. The minimum Gasteiger partial charge on any atom is -0.469 e. The molecule has 0 saturated carbocycles. The first-order valence-corrected chi connectivity index (χ1v) is 5.64. The summed E-state index contributed by atoms with van der Waals surface area (Å²) in [6.07, 6.45) is 0. The molecule has 1 aromatic carbocycles. The normalized spacial score (nSPS) is 10.2. The van der Waals surface area contributed by atoms with E-state index in [0.717, 1.165) is 12.2 Å². The zero-order chi connectivity index (χ0) is 12.0. The standard InChI is InChI=1S/C12H18N2OS/c1-10-4-6-11(7-5-10)13-12(16)15-9-8-14(2)3/h4-7H,8-9H2,1-3H3,(H,13,16). The van der Waals surface area contributed by atoms with Crippen LogP contribution in [0.4, 0.5) is 5.69 Å². The van der Waals surface area contributed by atoms with Crippen LogP contribution in [0.1, 0.15) is 5.56 Å². The summed E-state index contributed by atoms with van der Waals surface area (Å²) in [5.41, 5.74) is 2.19. The summed E-state index contributed by atoms with van der Waals surface area (Å²) in [6.45, 7) is 3.51. The van der Waals surface area contributed by atoms with Gasteiger partial charge in [0.05, 0.1) is 0 Å². The largest absolute Gasteiger partial charge is 0.469 e. The Kier molecular flexibility index (Phi) is 5.22. The number of anilines is 1. The summed E-state index contributed by atoms with van der Waals surface area (Å²) in [5.74, 6) is 0. The SMILES string of the molecule is Cc1ccc(NC(=S)OCCN(C)C)cc1. The Morgan fingerprint density at radius 2 is 1.94 bits per heavy atom. The van der Waals surface area contributed by atoms with Crippen molar-refractivity contribution in [2.24, 2.45) is 0 Å². The molecule has 0 aromatic heterocycles. The molecule has 3 nitrogen and oxygen atoms in total. The average Bonchev–Trinajstić information content (AvgIpc) is 2.21. The van der Waals surface area contributed by atoms with Crippen LogP contribution in [0.25, 0.3) is 0 Å². The molecule has 0 bridgehead atoms. The lowest BCUT2D eigenvalue weighted by atomic mass is 10.2. The number of hydrogen-bond acceptors (Lipinski definition) is 3. The Morgan fingerprint density at radius 1 is 1.31 bits per heavy atom. The first-order valence-electron chi connectivity index (χ1n) is 5.23. The maximum absolute atomic E-state index is 5.37. The molecule has 0 radical (unpaired) electrons. The third kappa shape index (κ3) is 5.09. The first kappa shape index (κ1) is 12.9. The molecule has 1 rings (SSSR count). The lowest BCUT2D eigenvalue weighted by Crippen LogP contribution is -2.22. The Balaban J connectivity index is 2.31. The Bertz CT molecular complexity index is 335. The van der Waals surface area contributed by atoms with Gasteiger partial charge in [-0.2, -0.15) is 0 Å². The predicted molar refractivity (Wildman–Crippen MR) is 71.9 cm³/mol. The van der Waals surface area contributed by atoms with Crippen LogP contribution in [0.5, 0.6) is 0 Å². The van der Waals surface area contributed by atoms with Crippen molar-refractivity contribution in [3.63, 3.8) is 0 Å². The van der Waals surface area contributed by atoms with E-state index in [0.29, 0.717) is 11.8 Å². The van der Waals surface area contributed by atoms with Crippen molar-refractivity contribution >= 4 is 23.1 Å². The second-order valence-electron chi connectivity index (χ2n) is 3.93. The Labute approximate surface area is 102 Å². The number of thiocarbonyl (C=S) groups is 1. The summed E-state index contributed by atoms with van der Waals surface area (Å²) in [5, 5.41) is 3.46. The molecule has 0 heterocycles. The van der Waals surface area contributed by atoms with Crippen molar-refractivity contribution in [3.8, 4) is 0 Å².